The molecule has 8 heteroatoms. The number of rotatable bonds is 6. The maximum atomic E-state index is 14.6. The molecule has 2 nitrogen and oxygen atoms in total. The molecular weight excluding hydrogens is 755 g/mol. The largest absolute Gasteiger partial charge is 0.416 e. The van der Waals surface area contributed by atoms with Crippen molar-refractivity contribution in [2.45, 2.75) is 17.8 Å². The van der Waals surface area contributed by atoms with Crippen molar-refractivity contribution in [3.8, 4) is 11.4 Å². The van der Waals surface area contributed by atoms with Crippen molar-refractivity contribution in [1.29, 1.82) is 0 Å². The van der Waals surface area contributed by atoms with E-state index in [1.165, 1.54) is 12.1 Å². The van der Waals surface area contributed by atoms with E-state index in [1.807, 2.05) is 121 Å². The second-order valence-electron chi connectivity index (χ2n) is 14.7. The number of hydrogen-bond donors (Lipinski definition) is 0. The van der Waals surface area contributed by atoms with Gasteiger partial charge in [-0.05, 0) is 82.9 Å². The van der Waals surface area contributed by atoms with Crippen LogP contribution in [0, 0.1) is 0 Å². The molecule has 59 heavy (non-hydrogen) atoms. The summed E-state index contributed by atoms with van der Waals surface area (Å²) < 4.78 is 91.6. The van der Waals surface area contributed by atoms with E-state index in [0.717, 1.165) is 79.3 Å². The zero-order valence-electron chi connectivity index (χ0n) is 31.1. The molecule has 0 amide bonds. The summed E-state index contributed by atoms with van der Waals surface area (Å²) in [6.45, 7) is 0. The molecule has 0 bridgehead atoms. The van der Waals surface area contributed by atoms with Crippen molar-refractivity contribution in [1.82, 2.24) is 9.13 Å². The second-order valence-corrected chi connectivity index (χ2v) is 14.7. The van der Waals surface area contributed by atoms with Crippen LogP contribution in [0.4, 0.5) is 26.3 Å². The summed E-state index contributed by atoms with van der Waals surface area (Å²) in [5.41, 5.74) is 3.29. The quantitative estimate of drug-likeness (QED) is 0.117. The first-order valence-corrected chi connectivity index (χ1v) is 19.1. The third-order valence-electron chi connectivity index (χ3n) is 11.5. The fourth-order valence-corrected chi connectivity index (χ4v) is 8.98. The van der Waals surface area contributed by atoms with Crippen LogP contribution in [-0.2, 0) is 17.8 Å². The first-order valence-electron chi connectivity index (χ1n) is 19.1. The highest BCUT2D eigenvalue weighted by Crippen LogP contribution is 2.48. The number of nitrogens with zero attached hydrogens (tertiary/aromatic N) is 2. The van der Waals surface area contributed by atoms with Gasteiger partial charge in [0, 0.05) is 32.9 Å². The Morgan fingerprint density at radius 3 is 0.864 bits per heavy atom. The molecule has 0 aliphatic rings. The SMILES string of the molecule is FC(F)(F)c1cccc(C(c2ccc(-n3c4ccccc4c4ccccc43)cc2)(c2ccc(-n3c4ccccc4c4ccccc43)cc2)c2cccc(C(F)(F)F)c2)c1. The Balaban J connectivity index is 1.25. The molecule has 0 unspecified atom stereocenters. The van der Waals surface area contributed by atoms with E-state index >= 15 is 0 Å². The van der Waals surface area contributed by atoms with Crippen molar-refractivity contribution in [2.75, 3.05) is 0 Å². The topological polar surface area (TPSA) is 9.86 Å². The average Bonchev–Trinajstić information content (AvgIpc) is 3.77. The van der Waals surface area contributed by atoms with Gasteiger partial charge in [0.25, 0.3) is 0 Å². The Labute approximate surface area is 334 Å². The third kappa shape index (κ3) is 5.81. The molecule has 0 atom stereocenters. The number of alkyl halides is 6. The van der Waals surface area contributed by atoms with Crippen LogP contribution in [0.15, 0.2) is 194 Å². The summed E-state index contributed by atoms with van der Waals surface area (Å²) in [6, 6.07) is 56.7. The predicted octanol–water partition coefficient (Wildman–Crippen LogP) is 14.3. The van der Waals surface area contributed by atoms with Gasteiger partial charge in [0.1, 0.15) is 0 Å². The lowest BCUT2D eigenvalue weighted by molar-refractivity contribution is -0.138. The highest BCUT2D eigenvalue weighted by atomic mass is 19.4. The molecule has 2 aromatic heterocycles. The Morgan fingerprint density at radius 1 is 0.271 bits per heavy atom. The molecular formula is C51H32F6N2. The van der Waals surface area contributed by atoms with Crippen LogP contribution in [0.3, 0.4) is 0 Å². The molecule has 0 aliphatic heterocycles. The summed E-state index contributed by atoms with van der Waals surface area (Å²) in [5, 5.41) is 4.21. The van der Waals surface area contributed by atoms with Gasteiger partial charge in [-0.1, -0.05) is 133 Å². The minimum Gasteiger partial charge on any atom is -0.309 e. The minimum atomic E-state index is -4.71. The number of aromatic nitrogens is 2. The van der Waals surface area contributed by atoms with Crippen LogP contribution in [0.1, 0.15) is 33.4 Å². The van der Waals surface area contributed by atoms with E-state index in [1.54, 1.807) is 12.1 Å². The van der Waals surface area contributed by atoms with Gasteiger partial charge in [0.15, 0.2) is 0 Å². The normalized spacial score (nSPS) is 12.6. The van der Waals surface area contributed by atoms with E-state index < -0.39 is 28.9 Å². The smallest absolute Gasteiger partial charge is 0.309 e. The standard InChI is InChI=1S/C51H32F6N2/c52-50(53,54)37-13-9-11-35(31-37)49(36-12-10-14-38(32-36)51(55,56)57,33-23-27-39(28-24-33)58-45-19-5-1-15-41(45)42-16-2-6-20-46(42)58)34-25-29-40(30-26-34)59-47-21-7-3-17-43(47)44-18-4-8-22-48(44)59/h1-32H. The zero-order valence-corrected chi connectivity index (χ0v) is 31.1. The van der Waals surface area contributed by atoms with Crippen molar-refractivity contribution < 1.29 is 26.3 Å². The van der Waals surface area contributed by atoms with Crippen molar-refractivity contribution in [3.63, 3.8) is 0 Å². The molecule has 0 saturated carbocycles. The van der Waals surface area contributed by atoms with Gasteiger partial charge in [0.2, 0.25) is 0 Å². The van der Waals surface area contributed by atoms with Crippen LogP contribution >= 0.6 is 0 Å². The van der Waals surface area contributed by atoms with E-state index in [-0.39, 0.29) is 11.1 Å². The number of hydrogen-bond acceptors (Lipinski definition) is 0. The molecule has 0 fully saturated rings. The van der Waals surface area contributed by atoms with Gasteiger partial charge in [-0.15, -0.1) is 0 Å². The first-order chi connectivity index (χ1) is 28.5. The lowest BCUT2D eigenvalue weighted by Crippen LogP contribution is -2.32. The lowest BCUT2D eigenvalue weighted by atomic mass is 9.64. The van der Waals surface area contributed by atoms with Crippen molar-refractivity contribution >= 4 is 43.6 Å². The third-order valence-corrected chi connectivity index (χ3v) is 11.5. The molecule has 0 aliphatic carbocycles. The fraction of sp³-hybridized carbons (Fsp3) is 0.0588. The van der Waals surface area contributed by atoms with E-state index in [9.17, 15) is 26.3 Å². The maximum absolute atomic E-state index is 14.6. The summed E-state index contributed by atoms with van der Waals surface area (Å²) in [7, 11) is 0. The Kier molecular flexibility index (Phi) is 8.32. The van der Waals surface area contributed by atoms with Gasteiger partial charge in [0.05, 0.1) is 38.6 Å². The van der Waals surface area contributed by atoms with E-state index in [0.29, 0.717) is 11.1 Å². The van der Waals surface area contributed by atoms with E-state index in [4.69, 9.17) is 0 Å². The maximum Gasteiger partial charge on any atom is 0.416 e. The zero-order chi connectivity index (χ0) is 40.5. The minimum absolute atomic E-state index is 0.167. The monoisotopic (exact) mass is 786 g/mol. The Hall–Kier alpha value is -7.06. The number of fused-ring (bicyclic) bond motifs is 6. The fourth-order valence-electron chi connectivity index (χ4n) is 8.98. The number of benzene rings is 8. The molecule has 10 rings (SSSR count). The molecule has 0 saturated heterocycles. The van der Waals surface area contributed by atoms with Crippen molar-refractivity contribution in [3.05, 3.63) is 228 Å². The average molecular weight is 787 g/mol. The Bertz CT molecular complexity index is 2860. The highest BCUT2D eigenvalue weighted by Gasteiger charge is 2.42. The van der Waals surface area contributed by atoms with Crippen LogP contribution in [0.2, 0.25) is 0 Å². The van der Waals surface area contributed by atoms with Crippen LogP contribution in [-0.4, -0.2) is 9.13 Å². The van der Waals surface area contributed by atoms with Crippen LogP contribution in [0.25, 0.3) is 55.0 Å². The summed E-state index contributed by atoms with van der Waals surface area (Å²) >= 11 is 0. The van der Waals surface area contributed by atoms with Gasteiger partial charge in [-0.25, -0.2) is 0 Å². The molecule has 2 heterocycles. The second kappa shape index (κ2) is 13.5. The van der Waals surface area contributed by atoms with Gasteiger partial charge < -0.3 is 9.13 Å². The van der Waals surface area contributed by atoms with Crippen LogP contribution in [0.5, 0.6) is 0 Å². The van der Waals surface area contributed by atoms with Gasteiger partial charge in [-0.3, -0.25) is 0 Å². The molecule has 288 valence electrons. The van der Waals surface area contributed by atoms with E-state index in [2.05, 4.69) is 33.4 Å². The van der Waals surface area contributed by atoms with Gasteiger partial charge in [-0.2, -0.15) is 26.3 Å². The molecule has 0 N–H and O–H groups in total. The number of halogens is 6. The molecule has 8 aromatic carbocycles. The summed E-state index contributed by atoms with van der Waals surface area (Å²) in [6.07, 6.45) is -9.42. The first kappa shape index (κ1) is 36.3. The number of para-hydroxylation sites is 4. The molecule has 0 radical (unpaired) electrons. The summed E-state index contributed by atoms with van der Waals surface area (Å²) in [4.78, 5) is 0. The molecule has 10 aromatic rings. The Morgan fingerprint density at radius 2 is 0.559 bits per heavy atom. The lowest BCUT2D eigenvalue weighted by Gasteiger charge is -2.37. The molecule has 0 spiro atoms. The van der Waals surface area contributed by atoms with Gasteiger partial charge >= 0.3 is 12.4 Å². The van der Waals surface area contributed by atoms with Crippen LogP contribution < -0.4 is 0 Å². The summed E-state index contributed by atoms with van der Waals surface area (Å²) in [5.74, 6) is 0. The van der Waals surface area contributed by atoms with Crippen molar-refractivity contribution in [2.24, 2.45) is 0 Å². The predicted molar refractivity (Wildman–Crippen MR) is 223 cm³/mol. The highest BCUT2D eigenvalue weighted by molar-refractivity contribution is 6.10.